The molecule has 3 rings (SSSR count). The molecule has 1 aliphatic carbocycles. The number of amides is 2. The Hall–Kier alpha value is -2.14. The molecule has 1 aromatic rings. The summed E-state index contributed by atoms with van der Waals surface area (Å²) in [5.74, 6) is 0.248. The quantitative estimate of drug-likeness (QED) is 0.655. The summed E-state index contributed by atoms with van der Waals surface area (Å²) in [6.45, 7) is 5.82. The zero-order valence-electron chi connectivity index (χ0n) is 15.0. The highest BCUT2D eigenvalue weighted by Crippen LogP contribution is 2.37. The van der Waals surface area contributed by atoms with E-state index >= 15 is 0 Å². The first kappa shape index (κ1) is 17.7. The van der Waals surface area contributed by atoms with Gasteiger partial charge in [0.05, 0.1) is 0 Å². The van der Waals surface area contributed by atoms with E-state index in [0.717, 1.165) is 44.3 Å². The van der Waals surface area contributed by atoms with Crippen molar-refractivity contribution in [3.8, 4) is 0 Å². The van der Waals surface area contributed by atoms with Gasteiger partial charge in [0.1, 0.15) is 0 Å². The van der Waals surface area contributed by atoms with Gasteiger partial charge in [-0.05, 0) is 66.0 Å². The van der Waals surface area contributed by atoms with Gasteiger partial charge in [-0.1, -0.05) is 19.9 Å². The Bertz CT molecular complexity index is 722. The summed E-state index contributed by atoms with van der Waals surface area (Å²) in [5.41, 5.74) is 7.24. The number of hydrogen-bond acceptors (Lipinski definition) is 3. The van der Waals surface area contributed by atoms with Gasteiger partial charge in [-0.3, -0.25) is 14.8 Å². The summed E-state index contributed by atoms with van der Waals surface area (Å²) in [6.07, 6.45) is 4.17. The third-order valence-electron chi connectivity index (χ3n) is 5.05. The minimum atomic E-state index is -0.478. The van der Waals surface area contributed by atoms with Crippen molar-refractivity contribution in [2.24, 2.45) is 5.92 Å². The van der Waals surface area contributed by atoms with Crippen LogP contribution in [0.25, 0.3) is 5.57 Å². The lowest BCUT2D eigenvalue weighted by Gasteiger charge is -2.32. The molecule has 25 heavy (non-hydrogen) atoms. The van der Waals surface area contributed by atoms with Crippen LogP contribution in [0.15, 0.2) is 23.8 Å². The van der Waals surface area contributed by atoms with Crippen LogP contribution in [0.5, 0.6) is 0 Å². The van der Waals surface area contributed by atoms with Crippen LogP contribution in [0.4, 0.5) is 0 Å². The molecule has 5 heteroatoms. The van der Waals surface area contributed by atoms with Crippen LogP contribution in [0.3, 0.4) is 0 Å². The third kappa shape index (κ3) is 3.76. The van der Waals surface area contributed by atoms with E-state index in [1.807, 2.05) is 17.0 Å². The molecule has 0 saturated carbocycles. The zero-order chi connectivity index (χ0) is 18.0. The molecule has 0 unspecified atom stereocenters. The van der Waals surface area contributed by atoms with Gasteiger partial charge in [0.25, 0.3) is 5.91 Å². The highest BCUT2D eigenvalue weighted by Gasteiger charge is 2.26. The van der Waals surface area contributed by atoms with Gasteiger partial charge in [-0.25, -0.2) is 5.48 Å². The Labute approximate surface area is 148 Å². The first-order chi connectivity index (χ1) is 12.0. The first-order valence-corrected chi connectivity index (χ1v) is 9.06. The monoisotopic (exact) mass is 342 g/mol. The second-order valence-corrected chi connectivity index (χ2v) is 7.42. The lowest BCUT2D eigenvalue weighted by molar-refractivity contribution is -0.131. The fraction of sp³-hybridized carbons (Fsp3) is 0.500. The van der Waals surface area contributed by atoms with Crippen molar-refractivity contribution in [3.63, 3.8) is 0 Å². The lowest BCUT2D eigenvalue weighted by atomic mass is 9.81. The van der Waals surface area contributed by atoms with E-state index in [-0.39, 0.29) is 5.91 Å². The zero-order valence-corrected chi connectivity index (χ0v) is 15.0. The smallest absolute Gasteiger partial charge is 0.274 e. The van der Waals surface area contributed by atoms with Crippen molar-refractivity contribution in [2.45, 2.75) is 46.0 Å². The highest BCUT2D eigenvalue weighted by molar-refractivity contribution is 5.94. The number of fused-ring (bicyclic) bond motifs is 2. The molecule has 0 fully saturated rings. The van der Waals surface area contributed by atoms with Crippen molar-refractivity contribution in [1.82, 2.24) is 10.4 Å². The van der Waals surface area contributed by atoms with Gasteiger partial charge < -0.3 is 4.90 Å². The van der Waals surface area contributed by atoms with E-state index in [9.17, 15) is 9.59 Å². The van der Waals surface area contributed by atoms with Crippen LogP contribution in [-0.2, 0) is 11.2 Å². The van der Waals surface area contributed by atoms with Gasteiger partial charge in [-0.2, -0.15) is 0 Å². The molecule has 2 aliphatic rings. The van der Waals surface area contributed by atoms with E-state index in [1.54, 1.807) is 11.5 Å². The summed E-state index contributed by atoms with van der Waals surface area (Å²) in [6, 6.07) is 5.63. The van der Waals surface area contributed by atoms with Gasteiger partial charge in [-0.15, -0.1) is 0 Å². The molecule has 1 aromatic carbocycles. The van der Waals surface area contributed by atoms with E-state index in [2.05, 4.69) is 13.8 Å². The predicted molar refractivity (Wildman–Crippen MR) is 96.2 cm³/mol. The summed E-state index contributed by atoms with van der Waals surface area (Å²) >= 11 is 0. The van der Waals surface area contributed by atoms with Crippen LogP contribution in [-0.4, -0.2) is 35.0 Å². The number of carbonyl (C=O) groups excluding carboxylic acids is 2. The molecule has 2 N–H and O–H groups in total. The average Bonchev–Trinajstić information content (AvgIpc) is 2.59. The molecular weight excluding hydrogens is 316 g/mol. The number of hydrogen-bond donors (Lipinski definition) is 2. The van der Waals surface area contributed by atoms with Crippen molar-refractivity contribution < 1.29 is 14.8 Å². The van der Waals surface area contributed by atoms with Crippen LogP contribution in [0, 0.1) is 5.92 Å². The molecule has 1 aliphatic heterocycles. The Morgan fingerprint density at radius 2 is 2.04 bits per heavy atom. The molecular formula is C20H26N2O3. The number of carbonyl (C=O) groups is 2. The molecule has 1 heterocycles. The number of benzene rings is 1. The van der Waals surface area contributed by atoms with E-state index < -0.39 is 5.91 Å². The lowest BCUT2D eigenvalue weighted by Crippen LogP contribution is -2.37. The molecule has 0 aromatic heterocycles. The van der Waals surface area contributed by atoms with Crippen LogP contribution in [0.2, 0.25) is 0 Å². The molecule has 0 saturated heterocycles. The van der Waals surface area contributed by atoms with Crippen molar-refractivity contribution in [3.05, 3.63) is 40.5 Å². The second-order valence-electron chi connectivity index (χ2n) is 7.42. The Morgan fingerprint density at radius 1 is 1.24 bits per heavy atom. The van der Waals surface area contributed by atoms with Crippen molar-refractivity contribution in [2.75, 3.05) is 13.1 Å². The topological polar surface area (TPSA) is 69.6 Å². The number of allylic oxidation sites excluding steroid dienone is 1. The van der Waals surface area contributed by atoms with Crippen molar-refractivity contribution in [1.29, 1.82) is 0 Å². The van der Waals surface area contributed by atoms with E-state index in [1.165, 1.54) is 16.7 Å². The first-order valence-electron chi connectivity index (χ1n) is 9.06. The number of rotatable bonds is 3. The van der Waals surface area contributed by atoms with Crippen LogP contribution < -0.4 is 5.48 Å². The van der Waals surface area contributed by atoms with Crippen LogP contribution >= 0.6 is 0 Å². The molecule has 2 amide bonds. The molecule has 0 atom stereocenters. The summed E-state index contributed by atoms with van der Waals surface area (Å²) in [7, 11) is 0. The van der Waals surface area contributed by atoms with Crippen LogP contribution in [0.1, 0.15) is 61.0 Å². The number of hydroxylamine groups is 1. The van der Waals surface area contributed by atoms with Gasteiger partial charge in [0, 0.05) is 25.1 Å². The maximum absolute atomic E-state index is 12.4. The van der Waals surface area contributed by atoms with Gasteiger partial charge in [0.15, 0.2) is 0 Å². The largest absolute Gasteiger partial charge is 0.338 e. The van der Waals surface area contributed by atoms with Crippen molar-refractivity contribution >= 4 is 17.4 Å². The third-order valence-corrected chi connectivity index (χ3v) is 5.05. The highest BCUT2D eigenvalue weighted by atomic mass is 16.5. The fourth-order valence-corrected chi connectivity index (χ4v) is 3.91. The van der Waals surface area contributed by atoms with E-state index in [4.69, 9.17) is 5.21 Å². The average molecular weight is 342 g/mol. The van der Waals surface area contributed by atoms with Gasteiger partial charge >= 0.3 is 0 Å². The molecule has 0 bridgehead atoms. The molecule has 0 spiro atoms. The summed E-state index contributed by atoms with van der Waals surface area (Å²) in [5, 5.41) is 8.83. The summed E-state index contributed by atoms with van der Waals surface area (Å²) < 4.78 is 0. The second kappa shape index (κ2) is 7.40. The molecule has 134 valence electrons. The maximum atomic E-state index is 12.4. The summed E-state index contributed by atoms with van der Waals surface area (Å²) in [4.78, 5) is 26.1. The Kier molecular flexibility index (Phi) is 5.23. The maximum Gasteiger partial charge on any atom is 0.274 e. The predicted octanol–water partition coefficient (Wildman–Crippen LogP) is 3.17. The Morgan fingerprint density at radius 3 is 2.76 bits per heavy atom. The Balaban J connectivity index is 1.94. The SMILES string of the molecule is CC(C)CN1CC2=C(CCCC1=O)c1ccc(C(=O)NO)cc1CC2. The number of nitrogens with one attached hydrogen (secondary N) is 1. The standard InChI is InChI=1S/C20H26N2O3/c1-13(2)11-22-12-16-7-6-14-10-15(20(24)21-25)8-9-18(14)17(16)4-3-5-19(22)23/h8-10,13,25H,3-7,11-12H2,1-2H3,(H,21,24). The number of nitrogens with zero attached hydrogens (tertiary/aromatic N) is 1. The normalized spacial score (nSPS) is 17.8. The van der Waals surface area contributed by atoms with Gasteiger partial charge in [0.2, 0.25) is 5.91 Å². The molecule has 5 nitrogen and oxygen atoms in total. The van der Waals surface area contributed by atoms with E-state index in [0.29, 0.717) is 17.9 Å². The minimum Gasteiger partial charge on any atom is -0.338 e. The fourth-order valence-electron chi connectivity index (χ4n) is 3.91. The number of aryl methyl sites for hydroxylation is 1. The molecule has 0 radical (unpaired) electrons. The minimum absolute atomic E-state index is 0.265.